The van der Waals surface area contributed by atoms with Crippen LogP contribution in [-0.2, 0) is 11.2 Å². The van der Waals surface area contributed by atoms with Crippen molar-refractivity contribution in [1.82, 2.24) is 4.90 Å². The van der Waals surface area contributed by atoms with E-state index < -0.39 is 0 Å². The van der Waals surface area contributed by atoms with Crippen LogP contribution in [0.15, 0.2) is 54.6 Å². The molecule has 0 spiro atoms. The van der Waals surface area contributed by atoms with E-state index in [1.807, 2.05) is 54.6 Å². The smallest absolute Gasteiger partial charge is 0.167 e. The van der Waals surface area contributed by atoms with Gasteiger partial charge in [-0.25, -0.2) is 0 Å². The summed E-state index contributed by atoms with van der Waals surface area (Å²) >= 11 is 0. The van der Waals surface area contributed by atoms with Gasteiger partial charge >= 0.3 is 0 Å². The molecule has 1 aliphatic heterocycles. The molecule has 0 bridgehead atoms. The molecule has 0 unspecified atom stereocenters. The van der Waals surface area contributed by atoms with Gasteiger partial charge in [0.1, 0.15) is 12.5 Å². The van der Waals surface area contributed by atoms with Crippen molar-refractivity contribution in [3.8, 4) is 5.75 Å². The van der Waals surface area contributed by atoms with Gasteiger partial charge in [0, 0.05) is 25.1 Å². The van der Waals surface area contributed by atoms with Crippen molar-refractivity contribution < 1.29 is 14.3 Å². The largest absolute Gasteiger partial charge is 0.478 e. The van der Waals surface area contributed by atoms with E-state index >= 15 is 0 Å². The van der Waals surface area contributed by atoms with Gasteiger partial charge in [-0.3, -0.25) is 9.69 Å². The topological polar surface area (TPSA) is 38.8 Å². The zero-order chi connectivity index (χ0) is 15.9. The highest BCUT2D eigenvalue weighted by Gasteiger charge is 2.11. The highest BCUT2D eigenvalue weighted by atomic mass is 16.5. The number of nitrogens with zero attached hydrogens (tertiary/aromatic N) is 1. The number of hydrogen-bond acceptors (Lipinski definition) is 4. The Hall–Kier alpha value is -2.17. The summed E-state index contributed by atoms with van der Waals surface area (Å²) in [5.74, 6) is 0.906. The van der Waals surface area contributed by atoms with Crippen LogP contribution in [0.25, 0.3) is 0 Å². The van der Waals surface area contributed by atoms with Gasteiger partial charge in [0.2, 0.25) is 0 Å². The van der Waals surface area contributed by atoms with Crippen molar-refractivity contribution in [3.05, 3.63) is 65.7 Å². The number of carbonyl (C=O) groups is 1. The average molecular weight is 311 g/mol. The normalized spacial score (nSPS) is 15.3. The second-order valence-electron chi connectivity index (χ2n) is 5.61. The Bertz CT molecular complexity index is 619. The summed E-state index contributed by atoms with van der Waals surface area (Å²) < 4.78 is 11.1. The van der Waals surface area contributed by atoms with Gasteiger partial charge in [0.05, 0.1) is 13.2 Å². The minimum Gasteiger partial charge on any atom is -0.478 e. The first-order valence-electron chi connectivity index (χ1n) is 7.91. The molecule has 1 heterocycles. The Morgan fingerprint density at radius 2 is 1.70 bits per heavy atom. The highest BCUT2D eigenvalue weighted by molar-refractivity contribution is 5.97. The molecule has 120 valence electrons. The number of rotatable bonds is 6. The molecular weight excluding hydrogens is 290 g/mol. The van der Waals surface area contributed by atoms with Crippen LogP contribution < -0.4 is 4.74 Å². The molecule has 0 radical (unpaired) electrons. The minimum atomic E-state index is 0.121. The summed E-state index contributed by atoms with van der Waals surface area (Å²) in [5, 5.41) is 0. The summed E-state index contributed by atoms with van der Waals surface area (Å²) in [7, 11) is 0. The number of ether oxygens (including phenoxy) is 2. The van der Waals surface area contributed by atoms with E-state index in [-0.39, 0.29) is 5.78 Å². The van der Waals surface area contributed by atoms with E-state index in [4.69, 9.17) is 9.47 Å². The summed E-state index contributed by atoms with van der Waals surface area (Å²) in [6, 6.07) is 17.2. The fourth-order valence-corrected chi connectivity index (χ4v) is 2.52. The zero-order valence-corrected chi connectivity index (χ0v) is 13.1. The Labute approximate surface area is 136 Å². The molecule has 1 aliphatic rings. The molecule has 1 saturated heterocycles. The van der Waals surface area contributed by atoms with Gasteiger partial charge in [0.25, 0.3) is 0 Å². The molecular formula is C19H21NO3. The van der Waals surface area contributed by atoms with Crippen LogP contribution in [0, 0.1) is 0 Å². The first-order valence-corrected chi connectivity index (χ1v) is 7.91. The molecule has 3 rings (SSSR count). The molecule has 23 heavy (non-hydrogen) atoms. The molecule has 0 aliphatic carbocycles. The molecule has 4 nitrogen and oxygen atoms in total. The van der Waals surface area contributed by atoms with Crippen LogP contribution >= 0.6 is 0 Å². The van der Waals surface area contributed by atoms with E-state index in [1.165, 1.54) is 0 Å². The van der Waals surface area contributed by atoms with Crippen LogP contribution in [0.1, 0.15) is 15.9 Å². The van der Waals surface area contributed by atoms with Crippen LogP contribution in [0.5, 0.6) is 5.75 Å². The Morgan fingerprint density at radius 1 is 1.00 bits per heavy atom. The maximum absolute atomic E-state index is 12.3. The quantitative estimate of drug-likeness (QED) is 0.769. The molecule has 4 heteroatoms. The van der Waals surface area contributed by atoms with E-state index in [1.54, 1.807) is 0 Å². The van der Waals surface area contributed by atoms with E-state index in [9.17, 15) is 4.79 Å². The molecule has 2 aromatic carbocycles. The molecule has 0 aromatic heterocycles. The third kappa shape index (κ3) is 4.65. The lowest BCUT2D eigenvalue weighted by molar-refractivity contribution is 0.00407. The van der Waals surface area contributed by atoms with E-state index in [2.05, 4.69) is 4.90 Å². The monoisotopic (exact) mass is 311 g/mol. The van der Waals surface area contributed by atoms with Gasteiger partial charge in [-0.2, -0.15) is 0 Å². The van der Waals surface area contributed by atoms with Crippen molar-refractivity contribution in [2.75, 3.05) is 33.0 Å². The first kappa shape index (κ1) is 15.7. The maximum Gasteiger partial charge on any atom is 0.167 e. The standard InChI is InChI=1S/C19H21NO3/c21-19(14-16-4-2-1-3-5-16)17-6-8-18(9-7-17)23-15-20-10-12-22-13-11-20/h1-9H,10-15H2. The second-order valence-corrected chi connectivity index (χ2v) is 5.61. The molecule has 0 saturated carbocycles. The lowest BCUT2D eigenvalue weighted by Gasteiger charge is -2.26. The summed E-state index contributed by atoms with van der Waals surface area (Å²) in [6.07, 6.45) is 0.425. The highest BCUT2D eigenvalue weighted by Crippen LogP contribution is 2.15. The molecule has 2 aromatic rings. The van der Waals surface area contributed by atoms with Crippen LogP contribution in [-0.4, -0.2) is 43.7 Å². The minimum absolute atomic E-state index is 0.121. The third-order valence-electron chi connectivity index (χ3n) is 3.90. The predicted octanol–water partition coefficient (Wildman–Crippen LogP) is 2.78. The Kier molecular flexibility index (Phi) is 5.40. The SMILES string of the molecule is O=C(Cc1ccccc1)c1ccc(OCN2CCOCC2)cc1. The molecule has 1 fully saturated rings. The number of ketones is 1. The van der Waals surface area contributed by atoms with Gasteiger partial charge < -0.3 is 9.47 Å². The van der Waals surface area contributed by atoms with Crippen molar-refractivity contribution in [1.29, 1.82) is 0 Å². The van der Waals surface area contributed by atoms with Crippen molar-refractivity contribution in [3.63, 3.8) is 0 Å². The predicted molar refractivity (Wildman–Crippen MR) is 88.8 cm³/mol. The number of morpholine rings is 1. The van der Waals surface area contributed by atoms with Gasteiger partial charge in [0.15, 0.2) is 5.78 Å². The van der Waals surface area contributed by atoms with Crippen LogP contribution in [0.4, 0.5) is 0 Å². The number of hydrogen-bond donors (Lipinski definition) is 0. The van der Waals surface area contributed by atoms with Crippen LogP contribution in [0.3, 0.4) is 0 Å². The summed E-state index contributed by atoms with van der Waals surface area (Å²) in [6.45, 7) is 3.87. The average Bonchev–Trinajstić information content (AvgIpc) is 2.62. The Morgan fingerprint density at radius 3 is 2.39 bits per heavy atom. The Balaban J connectivity index is 1.53. The van der Waals surface area contributed by atoms with Crippen molar-refractivity contribution in [2.45, 2.75) is 6.42 Å². The van der Waals surface area contributed by atoms with Gasteiger partial charge in [-0.15, -0.1) is 0 Å². The van der Waals surface area contributed by atoms with Crippen molar-refractivity contribution >= 4 is 5.78 Å². The number of carbonyl (C=O) groups excluding carboxylic acids is 1. The van der Waals surface area contributed by atoms with E-state index in [0.29, 0.717) is 18.7 Å². The molecule has 0 amide bonds. The summed E-state index contributed by atoms with van der Waals surface area (Å²) in [5.41, 5.74) is 1.75. The van der Waals surface area contributed by atoms with Gasteiger partial charge in [-0.05, 0) is 29.8 Å². The third-order valence-corrected chi connectivity index (χ3v) is 3.90. The number of Topliss-reactive ketones (excluding diaryl/α,β-unsaturated/α-hetero) is 1. The summed E-state index contributed by atoms with van der Waals surface area (Å²) in [4.78, 5) is 14.5. The van der Waals surface area contributed by atoms with E-state index in [0.717, 1.165) is 37.6 Å². The molecule has 0 N–H and O–H groups in total. The first-order chi connectivity index (χ1) is 11.3. The fraction of sp³-hybridized carbons (Fsp3) is 0.316. The van der Waals surface area contributed by atoms with Crippen LogP contribution in [0.2, 0.25) is 0 Å². The maximum atomic E-state index is 12.3. The lowest BCUT2D eigenvalue weighted by atomic mass is 10.0. The lowest BCUT2D eigenvalue weighted by Crippen LogP contribution is -2.38. The molecule has 0 atom stereocenters. The second kappa shape index (κ2) is 7.90. The fourth-order valence-electron chi connectivity index (χ4n) is 2.52. The number of benzene rings is 2. The van der Waals surface area contributed by atoms with Gasteiger partial charge in [-0.1, -0.05) is 30.3 Å². The zero-order valence-electron chi connectivity index (χ0n) is 13.1. The van der Waals surface area contributed by atoms with Crippen molar-refractivity contribution in [2.24, 2.45) is 0 Å².